The molecule has 0 spiro atoms. The van der Waals surface area contributed by atoms with E-state index >= 15 is 0 Å². The first-order chi connectivity index (χ1) is 16.2. The van der Waals surface area contributed by atoms with Crippen molar-refractivity contribution >= 4 is 22.5 Å². The number of ether oxygens (including phenoxy) is 1. The molecule has 0 fully saturated rings. The molecule has 0 heterocycles. The molecule has 0 bridgehead atoms. The Balaban J connectivity index is 0.00000342. The second-order valence-corrected chi connectivity index (χ2v) is 8.68. The van der Waals surface area contributed by atoms with E-state index in [-0.39, 0.29) is 54.3 Å². The number of carboxylic acids is 1. The van der Waals surface area contributed by atoms with Gasteiger partial charge in [-0.25, -0.2) is 18.0 Å². The Bertz CT molecular complexity index is 1280. The minimum atomic E-state index is -4.91. The van der Waals surface area contributed by atoms with Gasteiger partial charge in [-0.2, -0.15) is 0 Å². The number of aliphatic carboxylic acids is 1. The van der Waals surface area contributed by atoms with E-state index in [0.717, 1.165) is 22.3 Å². The van der Waals surface area contributed by atoms with E-state index < -0.39 is 28.5 Å². The van der Waals surface area contributed by atoms with Crippen LogP contribution in [-0.2, 0) is 26.4 Å². The summed E-state index contributed by atoms with van der Waals surface area (Å²) in [7, 11) is -4.91. The number of hydrogen-bond donors (Lipinski definition) is 2. The fourth-order valence-electron chi connectivity index (χ4n) is 4.02. The number of fused-ring (bicyclic) bond motifs is 3. The van der Waals surface area contributed by atoms with Gasteiger partial charge in [0.15, 0.2) is 0 Å². The number of carbonyl (C=O) groups is 2. The van der Waals surface area contributed by atoms with Gasteiger partial charge in [-0.15, -0.1) is 0 Å². The molecule has 176 valence electrons. The summed E-state index contributed by atoms with van der Waals surface area (Å²) in [6.07, 6.45) is -0.962. The molecule has 1 atom stereocenters. The topological polar surface area (TPSA) is 142 Å². The standard InChI is InChI=1S/C24H21NO8S.Na/c26-23(27)22(13-15-9-11-16(12-10-15)33-34(29,30)31)25-24(28)32-14-21-19-7-3-1-5-17(19)18-6-2-4-8-20(18)21;/h1-12,21-22H,13-14H2,(H,25,28)(H,26,27)(H,29,30,31);/q;+1/p-1. The zero-order valence-corrected chi connectivity index (χ0v) is 21.5. The van der Waals surface area contributed by atoms with Gasteiger partial charge in [0, 0.05) is 12.3 Å². The maximum Gasteiger partial charge on any atom is 1.00 e. The minimum absolute atomic E-state index is 0. The molecule has 0 saturated carbocycles. The summed E-state index contributed by atoms with van der Waals surface area (Å²) in [5.74, 6) is -1.63. The summed E-state index contributed by atoms with van der Waals surface area (Å²) in [4.78, 5) is 24.1. The third-order valence-corrected chi connectivity index (χ3v) is 5.89. The summed E-state index contributed by atoms with van der Waals surface area (Å²) in [5, 5.41) is 11.9. The van der Waals surface area contributed by atoms with Gasteiger partial charge in [0.05, 0.1) is 0 Å². The summed E-state index contributed by atoms with van der Waals surface area (Å²) in [6.45, 7) is 0.0436. The minimum Gasteiger partial charge on any atom is -0.716 e. The van der Waals surface area contributed by atoms with Crippen LogP contribution in [0.5, 0.6) is 5.75 Å². The van der Waals surface area contributed by atoms with Crippen LogP contribution < -0.4 is 39.1 Å². The van der Waals surface area contributed by atoms with Gasteiger partial charge in [0.25, 0.3) is 10.4 Å². The van der Waals surface area contributed by atoms with Crippen LogP contribution in [0.3, 0.4) is 0 Å². The van der Waals surface area contributed by atoms with Gasteiger partial charge in [-0.05, 0) is 39.9 Å². The first kappa shape index (κ1) is 26.7. The molecule has 1 aliphatic rings. The van der Waals surface area contributed by atoms with Crippen molar-refractivity contribution in [3.8, 4) is 16.9 Å². The van der Waals surface area contributed by atoms with E-state index in [1.54, 1.807) is 0 Å². The summed E-state index contributed by atoms with van der Waals surface area (Å²) >= 11 is 0. The SMILES string of the molecule is O=C(NC(Cc1ccc(OS(=O)(=O)[O-])cc1)C(=O)O)OCC1c2ccccc2-c2ccccc21.[Na+]. The Morgan fingerprint density at radius 3 is 2.00 bits per heavy atom. The molecule has 0 radical (unpaired) electrons. The van der Waals surface area contributed by atoms with E-state index in [1.165, 1.54) is 24.3 Å². The third-order valence-electron chi connectivity index (χ3n) is 5.50. The number of carboxylic acid groups (broad SMARTS) is 1. The average Bonchev–Trinajstić information content (AvgIpc) is 3.11. The predicted octanol–water partition coefficient (Wildman–Crippen LogP) is 0.0640. The molecule has 35 heavy (non-hydrogen) atoms. The van der Waals surface area contributed by atoms with Crippen LogP contribution in [-0.4, -0.2) is 42.8 Å². The van der Waals surface area contributed by atoms with Crippen molar-refractivity contribution in [1.82, 2.24) is 5.32 Å². The van der Waals surface area contributed by atoms with Crippen LogP contribution in [0.25, 0.3) is 11.1 Å². The maximum absolute atomic E-state index is 12.4. The second-order valence-electron chi connectivity index (χ2n) is 7.70. The molecule has 1 aliphatic carbocycles. The van der Waals surface area contributed by atoms with Crippen LogP contribution >= 0.6 is 0 Å². The molecule has 0 aliphatic heterocycles. The van der Waals surface area contributed by atoms with Crippen LogP contribution in [0.2, 0.25) is 0 Å². The number of benzene rings is 3. The van der Waals surface area contributed by atoms with E-state index in [9.17, 15) is 27.7 Å². The van der Waals surface area contributed by atoms with Crippen LogP contribution in [0.15, 0.2) is 72.8 Å². The van der Waals surface area contributed by atoms with Crippen molar-refractivity contribution in [2.45, 2.75) is 18.4 Å². The monoisotopic (exact) mass is 505 g/mol. The molecule has 4 rings (SSSR count). The summed E-state index contributed by atoms with van der Waals surface area (Å²) in [5.41, 5.74) is 4.70. The Morgan fingerprint density at radius 1 is 0.943 bits per heavy atom. The smallest absolute Gasteiger partial charge is 0.716 e. The summed E-state index contributed by atoms with van der Waals surface area (Å²) in [6, 6.07) is 19.7. The Morgan fingerprint density at radius 2 is 1.49 bits per heavy atom. The van der Waals surface area contributed by atoms with E-state index in [2.05, 4.69) is 9.50 Å². The van der Waals surface area contributed by atoms with Gasteiger partial charge in [0.2, 0.25) is 0 Å². The Labute approximate surface area is 224 Å². The number of nitrogens with one attached hydrogen (secondary N) is 1. The van der Waals surface area contributed by atoms with Crippen molar-refractivity contribution in [2.24, 2.45) is 0 Å². The van der Waals surface area contributed by atoms with Crippen LogP contribution in [0, 0.1) is 0 Å². The van der Waals surface area contributed by atoms with Crippen LogP contribution in [0.4, 0.5) is 4.79 Å². The molecule has 0 aromatic heterocycles. The van der Waals surface area contributed by atoms with Crippen molar-refractivity contribution in [3.05, 3.63) is 89.5 Å². The summed E-state index contributed by atoms with van der Waals surface area (Å²) < 4.78 is 41.6. The maximum atomic E-state index is 12.4. The van der Waals surface area contributed by atoms with Gasteiger partial charge in [-0.1, -0.05) is 60.7 Å². The fraction of sp³-hybridized carbons (Fsp3) is 0.167. The molecular weight excluding hydrogens is 485 g/mol. The molecule has 1 amide bonds. The molecule has 3 aromatic carbocycles. The molecule has 11 heteroatoms. The first-order valence-corrected chi connectivity index (χ1v) is 11.6. The molecule has 0 saturated heterocycles. The zero-order valence-electron chi connectivity index (χ0n) is 18.7. The number of alkyl carbamates (subject to hydrolysis) is 1. The number of rotatable bonds is 8. The van der Waals surface area contributed by atoms with Crippen molar-refractivity contribution in [1.29, 1.82) is 0 Å². The van der Waals surface area contributed by atoms with Crippen molar-refractivity contribution in [2.75, 3.05) is 6.61 Å². The second kappa shape index (κ2) is 11.2. The van der Waals surface area contributed by atoms with E-state index in [1.807, 2.05) is 48.5 Å². The number of carbonyl (C=O) groups excluding carboxylic acids is 1. The molecular formula is C24H20NNaO8S. The number of amides is 1. The van der Waals surface area contributed by atoms with E-state index in [4.69, 9.17) is 4.74 Å². The van der Waals surface area contributed by atoms with Gasteiger partial charge < -0.3 is 23.9 Å². The fourth-order valence-corrected chi connectivity index (χ4v) is 4.36. The molecule has 9 nitrogen and oxygen atoms in total. The molecule has 3 aromatic rings. The quantitative estimate of drug-likeness (QED) is 0.249. The largest absolute Gasteiger partial charge is 1.00 e. The van der Waals surface area contributed by atoms with Crippen molar-refractivity contribution in [3.63, 3.8) is 0 Å². The first-order valence-electron chi connectivity index (χ1n) is 10.3. The predicted molar refractivity (Wildman–Crippen MR) is 120 cm³/mol. The zero-order chi connectivity index (χ0) is 24.3. The van der Waals surface area contributed by atoms with Gasteiger partial charge in [-0.3, -0.25) is 0 Å². The normalized spacial score (nSPS) is 13.1. The van der Waals surface area contributed by atoms with Crippen LogP contribution in [0.1, 0.15) is 22.6 Å². The molecule has 1 unspecified atom stereocenters. The third kappa shape index (κ3) is 6.62. The van der Waals surface area contributed by atoms with Gasteiger partial charge in [0.1, 0.15) is 18.4 Å². The van der Waals surface area contributed by atoms with E-state index in [0.29, 0.717) is 5.56 Å². The molecule has 2 N–H and O–H groups in total. The average molecular weight is 505 g/mol. The van der Waals surface area contributed by atoms with Gasteiger partial charge >= 0.3 is 41.6 Å². The van der Waals surface area contributed by atoms with Crippen molar-refractivity contribution < 1.29 is 66.1 Å². The Kier molecular flexibility index (Phi) is 8.57. The number of hydrogen-bond acceptors (Lipinski definition) is 7. The Hall–Kier alpha value is -2.89.